The molecule has 0 radical (unpaired) electrons. The molecule has 2 heteroatoms. The van der Waals surface area contributed by atoms with E-state index in [0.717, 1.165) is 18.7 Å². The zero-order valence-electron chi connectivity index (χ0n) is 13.4. The summed E-state index contributed by atoms with van der Waals surface area (Å²) in [4.78, 5) is 0. The van der Waals surface area contributed by atoms with Crippen LogP contribution in [0.4, 0.5) is 0 Å². The summed E-state index contributed by atoms with van der Waals surface area (Å²) in [5.74, 6) is 0.919. The van der Waals surface area contributed by atoms with Gasteiger partial charge >= 0.3 is 0 Å². The molecule has 112 valence electrons. The Hall–Kier alpha value is -1.80. The second-order valence-corrected chi connectivity index (χ2v) is 5.53. The van der Waals surface area contributed by atoms with Gasteiger partial charge in [-0.1, -0.05) is 42.8 Å². The highest BCUT2D eigenvalue weighted by atomic mass is 16.5. The van der Waals surface area contributed by atoms with Crippen molar-refractivity contribution in [3.63, 3.8) is 0 Å². The molecule has 1 atom stereocenters. The molecule has 0 amide bonds. The first-order valence-corrected chi connectivity index (χ1v) is 7.57. The van der Waals surface area contributed by atoms with Crippen molar-refractivity contribution in [1.82, 2.24) is 5.32 Å². The van der Waals surface area contributed by atoms with Gasteiger partial charge in [-0.2, -0.15) is 0 Å². The molecule has 2 aromatic rings. The Morgan fingerprint density at radius 2 is 1.90 bits per heavy atom. The third-order valence-electron chi connectivity index (χ3n) is 3.83. The topological polar surface area (TPSA) is 21.3 Å². The molecular weight excluding hydrogens is 258 g/mol. The number of rotatable bonds is 6. The SMILES string of the molecule is CCNC(Cc1cccc(C)c1)c1ccc(OC)cc1C. The van der Waals surface area contributed by atoms with Gasteiger partial charge in [0.25, 0.3) is 0 Å². The number of nitrogens with one attached hydrogen (secondary N) is 1. The summed E-state index contributed by atoms with van der Waals surface area (Å²) in [6.07, 6.45) is 1.00. The van der Waals surface area contributed by atoms with Gasteiger partial charge in [0.15, 0.2) is 0 Å². The molecule has 21 heavy (non-hydrogen) atoms. The Balaban J connectivity index is 2.26. The molecule has 2 aromatic carbocycles. The lowest BCUT2D eigenvalue weighted by Crippen LogP contribution is -2.23. The van der Waals surface area contributed by atoms with E-state index in [-0.39, 0.29) is 0 Å². The maximum Gasteiger partial charge on any atom is 0.119 e. The number of aryl methyl sites for hydroxylation is 2. The molecule has 1 N–H and O–H groups in total. The number of ether oxygens (including phenoxy) is 1. The molecule has 0 saturated carbocycles. The summed E-state index contributed by atoms with van der Waals surface area (Å²) < 4.78 is 5.30. The molecule has 0 aliphatic carbocycles. The predicted octanol–water partition coefficient (Wildman–Crippen LogP) is 4.21. The second kappa shape index (κ2) is 7.28. The minimum absolute atomic E-state index is 0.336. The molecule has 2 nitrogen and oxygen atoms in total. The molecule has 2 rings (SSSR count). The molecule has 0 spiro atoms. The third-order valence-corrected chi connectivity index (χ3v) is 3.83. The lowest BCUT2D eigenvalue weighted by Gasteiger charge is -2.21. The zero-order valence-corrected chi connectivity index (χ0v) is 13.4. The number of methoxy groups -OCH3 is 1. The number of likely N-dealkylation sites (N-methyl/N-ethyl adjacent to an activating group) is 1. The van der Waals surface area contributed by atoms with E-state index in [0.29, 0.717) is 6.04 Å². The Morgan fingerprint density at radius 3 is 2.52 bits per heavy atom. The van der Waals surface area contributed by atoms with Gasteiger partial charge in [0.1, 0.15) is 5.75 Å². The van der Waals surface area contributed by atoms with E-state index >= 15 is 0 Å². The van der Waals surface area contributed by atoms with Crippen molar-refractivity contribution in [1.29, 1.82) is 0 Å². The monoisotopic (exact) mass is 283 g/mol. The highest BCUT2D eigenvalue weighted by molar-refractivity contribution is 5.37. The molecule has 0 bridgehead atoms. The maximum absolute atomic E-state index is 5.30. The van der Waals surface area contributed by atoms with Crippen molar-refractivity contribution in [3.8, 4) is 5.75 Å². The van der Waals surface area contributed by atoms with Crippen LogP contribution in [0.1, 0.15) is 35.2 Å². The van der Waals surface area contributed by atoms with Crippen LogP contribution in [0.5, 0.6) is 5.75 Å². The van der Waals surface area contributed by atoms with Crippen LogP contribution in [0.2, 0.25) is 0 Å². The van der Waals surface area contributed by atoms with Crippen LogP contribution < -0.4 is 10.1 Å². The van der Waals surface area contributed by atoms with Crippen LogP contribution in [-0.4, -0.2) is 13.7 Å². The van der Waals surface area contributed by atoms with Gasteiger partial charge in [0.2, 0.25) is 0 Å². The Labute approximate surface area is 128 Å². The lowest BCUT2D eigenvalue weighted by molar-refractivity contribution is 0.414. The average molecular weight is 283 g/mol. The minimum atomic E-state index is 0.336. The average Bonchev–Trinajstić information content (AvgIpc) is 2.47. The van der Waals surface area contributed by atoms with E-state index in [4.69, 9.17) is 4.74 Å². The largest absolute Gasteiger partial charge is 0.497 e. The first-order valence-electron chi connectivity index (χ1n) is 7.57. The highest BCUT2D eigenvalue weighted by Gasteiger charge is 2.14. The quantitative estimate of drug-likeness (QED) is 0.857. The van der Waals surface area contributed by atoms with Gasteiger partial charge in [-0.05, 0) is 55.6 Å². The molecular formula is C19H25NO. The first-order chi connectivity index (χ1) is 10.1. The van der Waals surface area contributed by atoms with E-state index in [2.05, 4.69) is 62.5 Å². The van der Waals surface area contributed by atoms with Gasteiger partial charge in [0, 0.05) is 6.04 Å². The van der Waals surface area contributed by atoms with Gasteiger partial charge < -0.3 is 10.1 Å². The van der Waals surface area contributed by atoms with Crippen molar-refractivity contribution in [2.45, 2.75) is 33.2 Å². The van der Waals surface area contributed by atoms with Crippen LogP contribution in [-0.2, 0) is 6.42 Å². The lowest BCUT2D eigenvalue weighted by atomic mass is 9.94. The molecule has 0 fully saturated rings. The van der Waals surface area contributed by atoms with Crippen LogP contribution in [0.15, 0.2) is 42.5 Å². The molecule has 1 unspecified atom stereocenters. The standard InChI is InChI=1S/C19H25NO/c1-5-20-19(13-16-8-6-7-14(2)11-16)18-10-9-17(21-4)12-15(18)3/h6-12,19-20H,5,13H2,1-4H3. The Morgan fingerprint density at radius 1 is 1.10 bits per heavy atom. The summed E-state index contributed by atoms with van der Waals surface area (Å²) in [6, 6.07) is 15.4. The Kier molecular flexibility index (Phi) is 5.40. The fourth-order valence-corrected chi connectivity index (χ4v) is 2.78. The highest BCUT2D eigenvalue weighted by Crippen LogP contribution is 2.25. The molecule has 0 saturated heterocycles. The van der Waals surface area contributed by atoms with E-state index in [1.807, 2.05) is 6.07 Å². The smallest absolute Gasteiger partial charge is 0.119 e. The van der Waals surface area contributed by atoms with Gasteiger partial charge in [-0.15, -0.1) is 0 Å². The fraction of sp³-hybridized carbons (Fsp3) is 0.368. The first kappa shape index (κ1) is 15.6. The van der Waals surface area contributed by atoms with E-state index in [1.165, 1.54) is 22.3 Å². The number of hydrogen-bond acceptors (Lipinski definition) is 2. The zero-order chi connectivity index (χ0) is 15.2. The van der Waals surface area contributed by atoms with Crippen LogP contribution >= 0.6 is 0 Å². The maximum atomic E-state index is 5.30. The number of benzene rings is 2. The molecule has 0 aromatic heterocycles. The van der Waals surface area contributed by atoms with Gasteiger partial charge in [0.05, 0.1) is 7.11 Å². The second-order valence-electron chi connectivity index (χ2n) is 5.53. The summed E-state index contributed by atoms with van der Waals surface area (Å²) >= 11 is 0. The normalized spacial score (nSPS) is 12.2. The fourth-order valence-electron chi connectivity index (χ4n) is 2.78. The van der Waals surface area contributed by atoms with E-state index in [9.17, 15) is 0 Å². The van der Waals surface area contributed by atoms with Crippen molar-refractivity contribution < 1.29 is 4.74 Å². The van der Waals surface area contributed by atoms with Crippen molar-refractivity contribution >= 4 is 0 Å². The van der Waals surface area contributed by atoms with E-state index < -0.39 is 0 Å². The van der Waals surface area contributed by atoms with Crippen molar-refractivity contribution in [2.24, 2.45) is 0 Å². The van der Waals surface area contributed by atoms with Gasteiger partial charge in [-0.3, -0.25) is 0 Å². The predicted molar refractivity (Wildman–Crippen MR) is 89.0 cm³/mol. The summed E-state index contributed by atoms with van der Waals surface area (Å²) in [5, 5.41) is 3.60. The minimum Gasteiger partial charge on any atom is -0.497 e. The van der Waals surface area contributed by atoms with Crippen LogP contribution in [0.25, 0.3) is 0 Å². The van der Waals surface area contributed by atoms with E-state index in [1.54, 1.807) is 7.11 Å². The summed E-state index contributed by atoms with van der Waals surface area (Å²) in [5.41, 5.74) is 5.30. The van der Waals surface area contributed by atoms with Crippen LogP contribution in [0.3, 0.4) is 0 Å². The van der Waals surface area contributed by atoms with Crippen LogP contribution in [0, 0.1) is 13.8 Å². The summed E-state index contributed by atoms with van der Waals surface area (Å²) in [7, 11) is 1.71. The summed E-state index contributed by atoms with van der Waals surface area (Å²) in [6.45, 7) is 7.41. The van der Waals surface area contributed by atoms with Crippen molar-refractivity contribution in [3.05, 3.63) is 64.7 Å². The van der Waals surface area contributed by atoms with Crippen molar-refractivity contribution in [2.75, 3.05) is 13.7 Å². The molecule has 0 aliphatic rings. The molecule has 0 heterocycles. The number of hydrogen-bond donors (Lipinski definition) is 1. The molecule has 0 aliphatic heterocycles. The third kappa shape index (κ3) is 4.08. The van der Waals surface area contributed by atoms with Gasteiger partial charge in [-0.25, -0.2) is 0 Å². The Bertz CT molecular complexity index is 592.